The molecule has 0 fully saturated rings. The van der Waals surface area contributed by atoms with Crippen molar-refractivity contribution in [2.75, 3.05) is 0 Å². The summed E-state index contributed by atoms with van der Waals surface area (Å²) in [6.45, 7) is 7.69. The molecule has 0 aliphatic rings. The zero-order valence-corrected chi connectivity index (χ0v) is 27.6. The molecule has 49 heavy (non-hydrogen) atoms. The van der Waals surface area contributed by atoms with Crippen LogP contribution >= 0.6 is 22.7 Å². The number of thiophene rings is 2. The van der Waals surface area contributed by atoms with Gasteiger partial charge in [-0.3, -0.25) is 0 Å². The lowest BCUT2D eigenvalue weighted by molar-refractivity contribution is 1.17. The SMILES string of the molecule is [C-]#[N+]c1ccccc1-c1ccc2sc3cc4sc5ccc(-c6cccc(C#N)c6-n6c7ccccc7c7ccccc76)cc5c4cc3c2c1. The maximum absolute atomic E-state index is 10.4. The number of nitriles is 1. The molecule has 3 heterocycles. The summed E-state index contributed by atoms with van der Waals surface area (Å²) in [6.07, 6.45) is 0. The third kappa shape index (κ3) is 4.11. The minimum absolute atomic E-state index is 0.640. The number of fused-ring (bicyclic) bond motifs is 9. The number of benzene rings is 7. The molecule has 5 heteroatoms. The van der Waals surface area contributed by atoms with E-state index >= 15 is 0 Å². The second kappa shape index (κ2) is 10.6. The van der Waals surface area contributed by atoms with Gasteiger partial charge in [0.15, 0.2) is 5.69 Å². The van der Waals surface area contributed by atoms with Crippen molar-refractivity contribution in [3.8, 4) is 34.0 Å². The Hall–Kier alpha value is -6.24. The minimum Gasteiger partial charge on any atom is -0.307 e. The zero-order valence-electron chi connectivity index (χ0n) is 25.9. The molecule has 0 amide bonds. The Morgan fingerprint density at radius 2 is 1.06 bits per heavy atom. The van der Waals surface area contributed by atoms with Crippen LogP contribution in [0.3, 0.4) is 0 Å². The average Bonchev–Trinajstić information content (AvgIpc) is 3.81. The highest BCUT2D eigenvalue weighted by Gasteiger charge is 2.20. The monoisotopic (exact) mass is 657 g/mol. The maximum Gasteiger partial charge on any atom is 0.194 e. The Morgan fingerprint density at radius 3 is 1.69 bits per heavy atom. The molecule has 0 atom stereocenters. The lowest BCUT2D eigenvalue weighted by atomic mass is 9.97. The fourth-order valence-electron chi connectivity index (χ4n) is 7.47. The molecule has 3 aromatic heterocycles. The second-order valence-electron chi connectivity index (χ2n) is 12.3. The average molecular weight is 658 g/mol. The second-order valence-corrected chi connectivity index (χ2v) is 14.5. The van der Waals surface area contributed by atoms with Crippen molar-refractivity contribution in [1.29, 1.82) is 5.26 Å². The molecule has 0 N–H and O–H groups in total. The molecular formula is C44H23N3S2. The number of para-hydroxylation sites is 4. The molecule has 10 aromatic rings. The first-order valence-corrected chi connectivity index (χ1v) is 17.6. The topological polar surface area (TPSA) is 33.1 Å². The van der Waals surface area contributed by atoms with Gasteiger partial charge in [0.2, 0.25) is 0 Å². The number of rotatable bonds is 3. The molecule has 3 nitrogen and oxygen atoms in total. The highest BCUT2D eigenvalue weighted by Crippen LogP contribution is 2.45. The van der Waals surface area contributed by atoms with Crippen molar-refractivity contribution in [3.63, 3.8) is 0 Å². The van der Waals surface area contributed by atoms with Gasteiger partial charge >= 0.3 is 0 Å². The molecule has 0 spiro atoms. The van der Waals surface area contributed by atoms with Crippen molar-refractivity contribution >= 4 is 90.5 Å². The Kier molecular flexibility index (Phi) is 6.04. The van der Waals surface area contributed by atoms with Gasteiger partial charge < -0.3 is 4.57 Å². The summed E-state index contributed by atoms with van der Waals surface area (Å²) >= 11 is 3.64. The van der Waals surface area contributed by atoms with Crippen LogP contribution in [0.1, 0.15) is 5.56 Å². The largest absolute Gasteiger partial charge is 0.307 e. The molecule has 0 aliphatic heterocycles. The normalized spacial score (nSPS) is 11.6. The molecular weight excluding hydrogens is 635 g/mol. The van der Waals surface area contributed by atoms with Gasteiger partial charge in [0.25, 0.3) is 0 Å². The van der Waals surface area contributed by atoms with Crippen LogP contribution in [0, 0.1) is 17.9 Å². The van der Waals surface area contributed by atoms with E-state index in [2.05, 4.69) is 119 Å². The number of aromatic nitrogens is 1. The third-order valence-corrected chi connectivity index (χ3v) is 11.9. The predicted molar refractivity (Wildman–Crippen MR) is 208 cm³/mol. The van der Waals surface area contributed by atoms with E-state index in [0.717, 1.165) is 39.0 Å². The lowest BCUT2D eigenvalue weighted by Crippen LogP contribution is -2.00. The molecule has 10 rings (SSSR count). The lowest BCUT2D eigenvalue weighted by Gasteiger charge is -2.16. The van der Waals surface area contributed by atoms with Crippen LogP contribution in [0.5, 0.6) is 0 Å². The standard InChI is InChI=1S/C44H23N3S2/c1-46-37-14-5-2-10-29(37)26-17-19-40-33(21-26)35-23-36-34-22-27(18-20-41(34)49-43(36)24-42(35)48-40)30-13-8-9-28(25-45)44(30)47-38-15-6-3-11-31(38)32-12-4-7-16-39(32)47/h2-24H. The summed E-state index contributed by atoms with van der Waals surface area (Å²) in [5.41, 5.74) is 8.50. The summed E-state index contributed by atoms with van der Waals surface area (Å²) in [4.78, 5) is 3.78. The van der Waals surface area contributed by atoms with Gasteiger partial charge in [-0.15, -0.1) is 22.7 Å². The number of hydrogen-bond acceptors (Lipinski definition) is 3. The minimum atomic E-state index is 0.640. The molecule has 0 bridgehead atoms. The van der Waals surface area contributed by atoms with Crippen LogP contribution in [0.15, 0.2) is 140 Å². The Labute approximate surface area is 289 Å². The fraction of sp³-hybridized carbons (Fsp3) is 0. The van der Waals surface area contributed by atoms with E-state index in [1.165, 1.54) is 51.1 Å². The number of nitrogens with zero attached hydrogens (tertiary/aromatic N) is 3. The Morgan fingerprint density at radius 1 is 0.510 bits per heavy atom. The molecule has 0 radical (unpaired) electrons. The van der Waals surface area contributed by atoms with Crippen LogP contribution in [-0.2, 0) is 0 Å². The van der Waals surface area contributed by atoms with E-state index in [-0.39, 0.29) is 0 Å². The van der Waals surface area contributed by atoms with Gasteiger partial charge in [-0.1, -0.05) is 84.9 Å². The third-order valence-electron chi connectivity index (χ3n) is 9.67. The maximum atomic E-state index is 10.4. The first kappa shape index (κ1) is 27.8. The van der Waals surface area contributed by atoms with E-state index in [1.54, 1.807) is 0 Å². The summed E-state index contributed by atoms with van der Waals surface area (Å²) < 4.78 is 7.27. The molecule has 0 unspecified atom stereocenters. The summed E-state index contributed by atoms with van der Waals surface area (Å²) in [7, 11) is 0. The predicted octanol–water partition coefficient (Wildman–Crippen LogP) is 13.3. The van der Waals surface area contributed by atoms with Gasteiger partial charge in [0.1, 0.15) is 6.07 Å². The summed E-state index contributed by atoms with van der Waals surface area (Å²) in [6, 6.07) is 51.3. The van der Waals surface area contributed by atoms with Crippen molar-refractivity contribution in [2.24, 2.45) is 0 Å². The van der Waals surface area contributed by atoms with Crippen molar-refractivity contribution < 1.29 is 0 Å². The van der Waals surface area contributed by atoms with Crippen LogP contribution in [0.4, 0.5) is 5.69 Å². The van der Waals surface area contributed by atoms with E-state index in [9.17, 15) is 5.26 Å². The van der Waals surface area contributed by atoms with Crippen LogP contribution in [0.25, 0.3) is 94.9 Å². The van der Waals surface area contributed by atoms with Gasteiger partial charge in [-0.2, -0.15) is 5.26 Å². The zero-order chi connectivity index (χ0) is 32.6. The smallest absolute Gasteiger partial charge is 0.194 e. The first-order valence-electron chi connectivity index (χ1n) is 16.0. The van der Waals surface area contributed by atoms with E-state index in [1.807, 2.05) is 59.1 Å². The Balaban J connectivity index is 1.20. The Bertz CT molecular complexity index is 3030. The molecule has 0 saturated carbocycles. The molecule has 7 aromatic carbocycles. The summed E-state index contributed by atoms with van der Waals surface area (Å²) in [5.74, 6) is 0. The van der Waals surface area contributed by atoms with Gasteiger partial charge in [0.05, 0.1) is 28.9 Å². The van der Waals surface area contributed by atoms with Crippen molar-refractivity contribution in [2.45, 2.75) is 0 Å². The molecule has 226 valence electrons. The van der Waals surface area contributed by atoms with E-state index in [4.69, 9.17) is 6.57 Å². The van der Waals surface area contributed by atoms with Gasteiger partial charge in [0, 0.05) is 56.7 Å². The van der Waals surface area contributed by atoms with Crippen molar-refractivity contribution in [1.82, 2.24) is 4.57 Å². The highest BCUT2D eigenvalue weighted by atomic mass is 32.1. The van der Waals surface area contributed by atoms with E-state index < -0.39 is 0 Å². The fourth-order valence-corrected chi connectivity index (χ4v) is 9.76. The molecule has 0 saturated heterocycles. The van der Waals surface area contributed by atoms with Crippen LogP contribution < -0.4 is 0 Å². The highest BCUT2D eigenvalue weighted by molar-refractivity contribution is 7.28. The first-order chi connectivity index (χ1) is 24.2. The van der Waals surface area contributed by atoms with Crippen LogP contribution in [-0.4, -0.2) is 4.57 Å². The van der Waals surface area contributed by atoms with E-state index in [0.29, 0.717) is 11.3 Å². The van der Waals surface area contributed by atoms with Gasteiger partial charge in [-0.25, -0.2) is 4.85 Å². The van der Waals surface area contributed by atoms with Crippen LogP contribution in [0.2, 0.25) is 0 Å². The van der Waals surface area contributed by atoms with Gasteiger partial charge in [-0.05, 0) is 71.3 Å². The molecule has 0 aliphatic carbocycles. The van der Waals surface area contributed by atoms with Crippen molar-refractivity contribution in [3.05, 3.63) is 157 Å². The quantitative estimate of drug-likeness (QED) is 0.174. The summed E-state index contributed by atoms with van der Waals surface area (Å²) in [5, 5.41) is 17.7. The number of hydrogen-bond donors (Lipinski definition) is 0.